The number of H-pyrrole nitrogens is 1. The maximum Gasteiger partial charge on any atom is 0.243 e. The van der Waals surface area contributed by atoms with Crippen LogP contribution in [0.5, 0.6) is 0 Å². The number of morpholine rings is 1. The Kier molecular flexibility index (Phi) is 7.28. The van der Waals surface area contributed by atoms with Crippen LogP contribution < -0.4 is 5.32 Å². The van der Waals surface area contributed by atoms with E-state index >= 15 is 0 Å². The number of hydrogen-bond acceptors (Lipinski definition) is 7. The van der Waals surface area contributed by atoms with Gasteiger partial charge in [-0.25, -0.2) is 13.4 Å². The number of hydrogen-bond donors (Lipinski definition) is 2. The third-order valence-corrected chi connectivity index (χ3v) is 7.25. The molecule has 29 heavy (non-hydrogen) atoms. The summed E-state index contributed by atoms with van der Waals surface area (Å²) in [7, 11) is -3.55. The van der Waals surface area contributed by atoms with Gasteiger partial charge in [0.25, 0.3) is 0 Å². The number of nitrogens with zero attached hydrogens (tertiary/aromatic N) is 3. The van der Waals surface area contributed by atoms with Crippen molar-refractivity contribution in [3.8, 4) is 0 Å². The Hall–Kier alpha value is -1.95. The number of aromatic amines is 1. The summed E-state index contributed by atoms with van der Waals surface area (Å²) in [5, 5.41) is 9.90. The smallest absolute Gasteiger partial charge is 0.243 e. The van der Waals surface area contributed by atoms with E-state index < -0.39 is 15.3 Å². The van der Waals surface area contributed by atoms with Gasteiger partial charge in [-0.15, -0.1) is 5.10 Å². The quantitative estimate of drug-likeness (QED) is 0.603. The van der Waals surface area contributed by atoms with E-state index in [0.29, 0.717) is 37.1 Å². The molecule has 2 aromatic rings. The Morgan fingerprint density at radius 2 is 2.00 bits per heavy atom. The molecule has 1 atom stereocenters. The van der Waals surface area contributed by atoms with Crippen LogP contribution in [0.15, 0.2) is 34.3 Å². The summed E-state index contributed by atoms with van der Waals surface area (Å²) in [6.07, 6.45) is 1.78. The molecule has 1 aromatic carbocycles. The van der Waals surface area contributed by atoms with E-state index in [0.717, 1.165) is 18.7 Å². The van der Waals surface area contributed by atoms with Gasteiger partial charge in [-0.1, -0.05) is 18.7 Å². The number of anilines is 1. The number of aromatic nitrogens is 3. The number of rotatable bonds is 8. The highest BCUT2D eigenvalue weighted by Crippen LogP contribution is 2.22. The third kappa shape index (κ3) is 5.56. The predicted molar refractivity (Wildman–Crippen MR) is 110 cm³/mol. The van der Waals surface area contributed by atoms with Crippen LogP contribution in [0.25, 0.3) is 0 Å². The number of amides is 1. The second kappa shape index (κ2) is 9.70. The van der Waals surface area contributed by atoms with E-state index in [1.807, 2.05) is 0 Å². The van der Waals surface area contributed by atoms with Gasteiger partial charge >= 0.3 is 0 Å². The van der Waals surface area contributed by atoms with Crippen molar-refractivity contribution in [3.63, 3.8) is 0 Å². The number of ether oxygens (including phenoxy) is 1. The highest BCUT2D eigenvalue weighted by molar-refractivity contribution is 8.00. The largest absolute Gasteiger partial charge is 0.379 e. The lowest BCUT2D eigenvalue weighted by atomic mass is 10.3. The van der Waals surface area contributed by atoms with E-state index in [9.17, 15) is 13.2 Å². The predicted octanol–water partition coefficient (Wildman–Crippen LogP) is 1.90. The molecule has 1 aliphatic rings. The van der Waals surface area contributed by atoms with Crippen LogP contribution >= 0.6 is 11.8 Å². The zero-order chi connectivity index (χ0) is 20.9. The van der Waals surface area contributed by atoms with Crippen molar-refractivity contribution >= 4 is 33.4 Å². The summed E-state index contributed by atoms with van der Waals surface area (Å²) >= 11 is 1.26. The fourth-order valence-electron chi connectivity index (χ4n) is 2.78. The number of carbonyl (C=O) groups excluding carboxylic acids is 1. The molecule has 2 N–H and O–H groups in total. The molecule has 0 bridgehead atoms. The molecule has 0 radical (unpaired) electrons. The topological polar surface area (TPSA) is 117 Å². The van der Waals surface area contributed by atoms with Gasteiger partial charge in [-0.3, -0.25) is 9.89 Å². The summed E-state index contributed by atoms with van der Waals surface area (Å²) in [5.41, 5.74) is 0.532. The van der Waals surface area contributed by atoms with E-state index in [2.05, 4.69) is 27.4 Å². The summed E-state index contributed by atoms with van der Waals surface area (Å²) in [6, 6.07) is 6.19. The van der Waals surface area contributed by atoms with E-state index in [1.54, 1.807) is 19.1 Å². The van der Waals surface area contributed by atoms with Gasteiger partial charge in [-0.2, -0.15) is 4.31 Å². The normalized spacial score (nSPS) is 16.5. The van der Waals surface area contributed by atoms with Crippen LogP contribution in [0, 0.1) is 0 Å². The van der Waals surface area contributed by atoms with Gasteiger partial charge in [0.2, 0.25) is 21.1 Å². The van der Waals surface area contributed by atoms with Gasteiger partial charge in [0.15, 0.2) is 0 Å². The molecule has 1 amide bonds. The zero-order valence-corrected chi connectivity index (χ0v) is 18.1. The minimum absolute atomic E-state index is 0.198. The summed E-state index contributed by atoms with van der Waals surface area (Å²) in [5.74, 6) is 0.598. The Morgan fingerprint density at radius 1 is 1.31 bits per heavy atom. The Labute approximate surface area is 174 Å². The average Bonchev–Trinajstić information content (AvgIpc) is 3.16. The molecule has 9 nitrogen and oxygen atoms in total. The standard InChI is InChI=1S/C18H25N5O4S2/c1-3-4-16-20-18(22-21-16)28-13(2)17(24)19-14-5-7-15(8-6-14)29(25,26)23-9-11-27-12-10-23/h5-8,13H,3-4,9-12H2,1-2H3,(H,19,24)(H,20,21,22). The first kappa shape index (κ1) is 21.8. The summed E-state index contributed by atoms with van der Waals surface area (Å²) in [6.45, 7) is 5.31. The molecule has 1 aliphatic heterocycles. The fraction of sp³-hybridized carbons (Fsp3) is 0.500. The molecule has 158 valence electrons. The molecule has 0 spiro atoms. The number of thioether (sulfide) groups is 1. The second-order valence-corrected chi connectivity index (χ2v) is 9.85. The van der Waals surface area contributed by atoms with Gasteiger partial charge in [0.1, 0.15) is 5.82 Å². The number of carbonyl (C=O) groups is 1. The lowest BCUT2D eigenvalue weighted by Gasteiger charge is -2.26. The van der Waals surface area contributed by atoms with E-state index in [-0.39, 0.29) is 10.8 Å². The molecule has 1 fully saturated rings. The van der Waals surface area contributed by atoms with Crippen LogP contribution in [0.1, 0.15) is 26.1 Å². The number of aryl methyl sites for hydroxylation is 1. The van der Waals surface area contributed by atoms with Gasteiger partial charge in [-0.05, 0) is 37.6 Å². The molecule has 1 unspecified atom stereocenters. The average molecular weight is 440 g/mol. The summed E-state index contributed by atoms with van der Waals surface area (Å²) < 4.78 is 31.9. The van der Waals surface area contributed by atoms with E-state index in [4.69, 9.17) is 4.74 Å². The second-order valence-electron chi connectivity index (χ2n) is 6.60. The van der Waals surface area contributed by atoms with Crippen LogP contribution in [0.4, 0.5) is 5.69 Å². The van der Waals surface area contributed by atoms with Crippen molar-refractivity contribution in [2.45, 2.75) is 42.0 Å². The van der Waals surface area contributed by atoms with Gasteiger partial charge in [0.05, 0.1) is 23.4 Å². The molecule has 11 heteroatoms. The molecule has 1 saturated heterocycles. The van der Waals surface area contributed by atoms with Crippen molar-refractivity contribution in [2.24, 2.45) is 0 Å². The van der Waals surface area contributed by atoms with Gasteiger partial charge in [0, 0.05) is 25.2 Å². The molecule has 1 aromatic heterocycles. The molecular formula is C18H25N5O4S2. The first-order valence-corrected chi connectivity index (χ1v) is 11.8. The highest BCUT2D eigenvalue weighted by Gasteiger charge is 2.26. The Morgan fingerprint density at radius 3 is 2.66 bits per heavy atom. The molecular weight excluding hydrogens is 414 g/mol. The third-order valence-electron chi connectivity index (χ3n) is 4.38. The molecule has 2 heterocycles. The van der Waals surface area contributed by atoms with Crippen molar-refractivity contribution in [2.75, 3.05) is 31.6 Å². The highest BCUT2D eigenvalue weighted by atomic mass is 32.2. The molecule has 0 saturated carbocycles. The van der Waals surface area contributed by atoms with Crippen molar-refractivity contribution in [1.82, 2.24) is 19.5 Å². The van der Waals surface area contributed by atoms with Crippen molar-refractivity contribution in [1.29, 1.82) is 0 Å². The number of benzene rings is 1. The monoisotopic (exact) mass is 439 g/mol. The maximum absolute atomic E-state index is 12.6. The molecule has 0 aliphatic carbocycles. The molecule has 3 rings (SSSR count). The van der Waals surface area contributed by atoms with Crippen LogP contribution in [-0.4, -0.2) is 65.4 Å². The lowest BCUT2D eigenvalue weighted by molar-refractivity contribution is -0.115. The minimum Gasteiger partial charge on any atom is -0.379 e. The van der Waals surface area contributed by atoms with Crippen LogP contribution in [0.2, 0.25) is 0 Å². The lowest BCUT2D eigenvalue weighted by Crippen LogP contribution is -2.40. The van der Waals surface area contributed by atoms with Gasteiger partial charge < -0.3 is 10.1 Å². The maximum atomic E-state index is 12.6. The number of sulfonamides is 1. The Bertz CT molecular complexity index is 924. The zero-order valence-electron chi connectivity index (χ0n) is 16.4. The number of nitrogens with one attached hydrogen (secondary N) is 2. The van der Waals surface area contributed by atoms with Crippen LogP contribution in [0.3, 0.4) is 0 Å². The SMILES string of the molecule is CCCc1nc(SC(C)C(=O)Nc2ccc(S(=O)(=O)N3CCOCC3)cc2)n[nH]1. The fourth-order valence-corrected chi connectivity index (χ4v) is 4.93. The summed E-state index contributed by atoms with van der Waals surface area (Å²) in [4.78, 5) is 17.0. The van der Waals surface area contributed by atoms with Crippen molar-refractivity contribution in [3.05, 3.63) is 30.1 Å². The first-order valence-electron chi connectivity index (χ1n) is 9.47. The first-order chi connectivity index (χ1) is 13.9. The Balaban J connectivity index is 1.58. The van der Waals surface area contributed by atoms with Crippen LogP contribution in [-0.2, 0) is 26.0 Å². The minimum atomic E-state index is -3.55. The van der Waals surface area contributed by atoms with Crippen molar-refractivity contribution < 1.29 is 17.9 Å². The van der Waals surface area contributed by atoms with E-state index in [1.165, 1.54) is 28.2 Å².